The number of carbonyl (C=O) groups is 1. The van der Waals surface area contributed by atoms with Crippen molar-refractivity contribution in [3.05, 3.63) is 99.7 Å². The highest BCUT2D eigenvalue weighted by molar-refractivity contribution is 6.30. The number of nitrogens with one attached hydrogen (secondary N) is 1. The minimum atomic E-state index is -0.299. The van der Waals surface area contributed by atoms with Crippen molar-refractivity contribution in [2.24, 2.45) is 0 Å². The summed E-state index contributed by atoms with van der Waals surface area (Å²) in [4.78, 5) is 29.5. The number of aromatic amines is 1. The van der Waals surface area contributed by atoms with Gasteiger partial charge in [0.15, 0.2) is 5.76 Å². The van der Waals surface area contributed by atoms with E-state index in [0.29, 0.717) is 10.7 Å². The second-order valence-electron chi connectivity index (χ2n) is 6.05. The minimum absolute atomic E-state index is 0.214. The predicted molar refractivity (Wildman–Crippen MR) is 105 cm³/mol. The number of para-hydroxylation sites is 1. The number of aromatic nitrogens is 1. The smallest absolute Gasteiger partial charge is 0.294 e. The van der Waals surface area contributed by atoms with Crippen molar-refractivity contribution in [2.75, 3.05) is 4.90 Å². The highest BCUT2D eigenvalue weighted by atomic mass is 35.5. The van der Waals surface area contributed by atoms with Gasteiger partial charge in [0.2, 0.25) is 5.56 Å². The quantitative estimate of drug-likeness (QED) is 0.563. The number of carbonyl (C=O) groups excluding carboxylic acids is 1. The van der Waals surface area contributed by atoms with Gasteiger partial charge in [0.05, 0.1) is 12.8 Å². The second kappa shape index (κ2) is 7.13. The Labute approximate surface area is 159 Å². The lowest BCUT2D eigenvalue weighted by Gasteiger charge is -2.23. The molecule has 4 aromatic rings. The fourth-order valence-electron chi connectivity index (χ4n) is 3.01. The number of nitrogens with zero attached hydrogens (tertiary/aromatic N) is 1. The van der Waals surface area contributed by atoms with Gasteiger partial charge in [0.25, 0.3) is 5.91 Å². The molecule has 5 nitrogen and oxygen atoms in total. The van der Waals surface area contributed by atoms with Crippen LogP contribution in [0.2, 0.25) is 5.02 Å². The Morgan fingerprint density at radius 2 is 1.81 bits per heavy atom. The molecule has 6 heteroatoms. The van der Waals surface area contributed by atoms with Crippen LogP contribution < -0.4 is 10.5 Å². The van der Waals surface area contributed by atoms with Crippen LogP contribution in [-0.4, -0.2) is 10.9 Å². The number of amides is 1. The summed E-state index contributed by atoms with van der Waals surface area (Å²) >= 11 is 5.99. The second-order valence-corrected chi connectivity index (χ2v) is 6.49. The van der Waals surface area contributed by atoms with E-state index in [1.165, 1.54) is 12.3 Å². The Bertz CT molecular complexity index is 1150. The third-order valence-electron chi connectivity index (χ3n) is 4.28. The predicted octanol–water partition coefficient (Wildman–Crippen LogP) is 4.62. The molecule has 0 bridgehead atoms. The number of anilines is 1. The van der Waals surface area contributed by atoms with Gasteiger partial charge < -0.3 is 14.3 Å². The monoisotopic (exact) mass is 378 g/mol. The molecule has 0 radical (unpaired) electrons. The number of furan rings is 1. The summed E-state index contributed by atoms with van der Waals surface area (Å²) in [6, 6.07) is 19.2. The molecule has 0 saturated carbocycles. The van der Waals surface area contributed by atoms with E-state index in [0.717, 1.165) is 16.5 Å². The molecule has 0 saturated heterocycles. The molecule has 0 atom stereocenters. The van der Waals surface area contributed by atoms with E-state index in [1.807, 2.05) is 24.3 Å². The van der Waals surface area contributed by atoms with E-state index >= 15 is 0 Å². The highest BCUT2D eigenvalue weighted by Gasteiger charge is 2.21. The molecular formula is C21H15ClN2O3. The molecule has 0 fully saturated rings. The summed E-state index contributed by atoms with van der Waals surface area (Å²) in [5, 5.41) is 1.45. The Morgan fingerprint density at radius 1 is 1.04 bits per heavy atom. The van der Waals surface area contributed by atoms with E-state index in [1.54, 1.807) is 41.3 Å². The lowest BCUT2D eigenvalue weighted by molar-refractivity contribution is 0.0958. The standard InChI is InChI=1S/C21H15ClN2O3/c22-15-7-9-16(10-8-15)24(21(26)19-6-3-11-27-19)13-14-12-20(25)23-18-5-2-1-4-17(14)18/h1-12H,13H2,(H,23,25). The number of H-pyrrole nitrogens is 1. The fraction of sp³-hybridized carbons (Fsp3) is 0.0476. The van der Waals surface area contributed by atoms with Gasteiger partial charge in [-0.25, -0.2) is 0 Å². The Kier molecular flexibility index (Phi) is 4.52. The first kappa shape index (κ1) is 17.1. The van der Waals surface area contributed by atoms with Crippen molar-refractivity contribution in [3.8, 4) is 0 Å². The largest absolute Gasteiger partial charge is 0.459 e. The van der Waals surface area contributed by atoms with Crippen LogP contribution in [0.1, 0.15) is 16.1 Å². The maximum Gasteiger partial charge on any atom is 0.294 e. The molecule has 134 valence electrons. The van der Waals surface area contributed by atoms with Crippen LogP contribution in [-0.2, 0) is 6.54 Å². The molecular weight excluding hydrogens is 364 g/mol. The molecule has 0 aliphatic carbocycles. The van der Waals surface area contributed by atoms with E-state index < -0.39 is 0 Å². The maximum atomic E-state index is 13.0. The molecule has 4 rings (SSSR count). The number of fused-ring (bicyclic) bond motifs is 1. The van der Waals surface area contributed by atoms with E-state index in [9.17, 15) is 9.59 Å². The van der Waals surface area contributed by atoms with Gasteiger partial charge in [-0.1, -0.05) is 29.8 Å². The lowest BCUT2D eigenvalue weighted by atomic mass is 10.1. The van der Waals surface area contributed by atoms with Crippen LogP contribution in [0.15, 0.2) is 82.2 Å². The Balaban J connectivity index is 1.81. The minimum Gasteiger partial charge on any atom is -0.459 e. The Morgan fingerprint density at radius 3 is 2.56 bits per heavy atom. The molecule has 2 aromatic carbocycles. The van der Waals surface area contributed by atoms with E-state index in [2.05, 4.69) is 4.98 Å². The molecule has 0 aliphatic rings. The first-order chi connectivity index (χ1) is 13.1. The molecule has 2 heterocycles. The van der Waals surface area contributed by atoms with Crippen molar-refractivity contribution in [1.29, 1.82) is 0 Å². The van der Waals surface area contributed by atoms with Crippen molar-refractivity contribution in [2.45, 2.75) is 6.54 Å². The number of benzene rings is 2. The summed E-state index contributed by atoms with van der Waals surface area (Å²) in [5.41, 5.74) is 1.90. The third kappa shape index (κ3) is 3.50. The summed E-state index contributed by atoms with van der Waals surface area (Å²) in [7, 11) is 0. The van der Waals surface area contributed by atoms with Crippen LogP contribution in [0.25, 0.3) is 10.9 Å². The molecule has 27 heavy (non-hydrogen) atoms. The number of hydrogen-bond donors (Lipinski definition) is 1. The number of halogens is 1. The molecule has 1 N–H and O–H groups in total. The summed E-state index contributed by atoms with van der Waals surface area (Å²) in [6.45, 7) is 0.214. The summed E-state index contributed by atoms with van der Waals surface area (Å²) < 4.78 is 5.29. The average molecular weight is 379 g/mol. The van der Waals surface area contributed by atoms with Crippen molar-refractivity contribution in [3.63, 3.8) is 0 Å². The van der Waals surface area contributed by atoms with Crippen LogP contribution in [0.3, 0.4) is 0 Å². The Hall–Kier alpha value is -3.31. The van der Waals surface area contributed by atoms with Gasteiger partial charge in [0.1, 0.15) is 0 Å². The third-order valence-corrected chi connectivity index (χ3v) is 4.53. The summed E-state index contributed by atoms with van der Waals surface area (Å²) in [5.74, 6) is -0.0780. The van der Waals surface area contributed by atoms with Crippen LogP contribution in [0.4, 0.5) is 5.69 Å². The van der Waals surface area contributed by atoms with Gasteiger partial charge in [0, 0.05) is 27.7 Å². The van der Waals surface area contributed by atoms with E-state index in [-0.39, 0.29) is 23.8 Å². The number of pyridine rings is 1. The van der Waals surface area contributed by atoms with Gasteiger partial charge >= 0.3 is 0 Å². The van der Waals surface area contributed by atoms with Crippen molar-refractivity contribution >= 4 is 34.1 Å². The maximum absolute atomic E-state index is 13.0. The van der Waals surface area contributed by atoms with Gasteiger partial charge in [-0.2, -0.15) is 0 Å². The van der Waals surface area contributed by atoms with Gasteiger partial charge in [-0.15, -0.1) is 0 Å². The first-order valence-corrected chi connectivity index (χ1v) is 8.71. The van der Waals surface area contributed by atoms with Crippen molar-refractivity contribution in [1.82, 2.24) is 4.98 Å². The van der Waals surface area contributed by atoms with Crippen LogP contribution >= 0.6 is 11.6 Å². The first-order valence-electron chi connectivity index (χ1n) is 8.34. The highest BCUT2D eigenvalue weighted by Crippen LogP contribution is 2.24. The number of rotatable bonds is 4. The van der Waals surface area contributed by atoms with Gasteiger partial charge in [-0.3, -0.25) is 9.59 Å². The van der Waals surface area contributed by atoms with Crippen LogP contribution in [0.5, 0.6) is 0 Å². The molecule has 0 unspecified atom stereocenters. The topological polar surface area (TPSA) is 66.3 Å². The van der Waals surface area contributed by atoms with Gasteiger partial charge in [-0.05, 0) is 48.0 Å². The zero-order valence-electron chi connectivity index (χ0n) is 14.2. The number of hydrogen-bond acceptors (Lipinski definition) is 3. The molecule has 1 amide bonds. The average Bonchev–Trinajstić information content (AvgIpc) is 3.21. The molecule has 2 aromatic heterocycles. The zero-order valence-corrected chi connectivity index (χ0v) is 14.9. The van der Waals surface area contributed by atoms with Crippen LogP contribution in [0, 0.1) is 0 Å². The fourth-order valence-corrected chi connectivity index (χ4v) is 3.14. The zero-order chi connectivity index (χ0) is 18.8. The van der Waals surface area contributed by atoms with E-state index in [4.69, 9.17) is 16.0 Å². The molecule has 0 spiro atoms. The molecule has 0 aliphatic heterocycles. The summed E-state index contributed by atoms with van der Waals surface area (Å²) in [6.07, 6.45) is 1.45. The lowest BCUT2D eigenvalue weighted by Crippen LogP contribution is -2.30. The SMILES string of the molecule is O=C(c1ccco1)N(Cc1cc(=O)[nH]c2ccccc12)c1ccc(Cl)cc1. The van der Waals surface area contributed by atoms with Crippen molar-refractivity contribution < 1.29 is 9.21 Å². The normalized spacial score (nSPS) is 10.9.